The minimum atomic E-state index is -0.449. The van der Waals surface area contributed by atoms with Crippen molar-refractivity contribution in [3.05, 3.63) is 0 Å². The first kappa shape index (κ1) is 13.3. The first-order valence-electron chi connectivity index (χ1n) is 6.01. The Hall–Kier alpha value is -0.770. The van der Waals surface area contributed by atoms with E-state index in [9.17, 15) is 4.79 Å². The van der Waals surface area contributed by atoms with Gasteiger partial charge in [0.1, 0.15) is 5.60 Å². The van der Waals surface area contributed by atoms with E-state index in [0.29, 0.717) is 5.92 Å². The molecule has 2 N–H and O–H groups in total. The van der Waals surface area contributed by atoms with E-state index >= 15 is 0 Å². The smallest absolute Gasteiger partial charge is 0.407 e. The third-order valence-corrected chi connectivity index (χ3v) is 2.76. The number of nitrogens with one attached hydrogen (secondary N) is 1. The summed E-state index contributed by atoms with van der Waals surface area (Å²) >= 11 is 0. The van der Waals surface area contributed by atoms with Crippen LogP contribution < -0.4 is 5.32 Å². The van der Waals surface area contributed by atoms with Gasteiger partial charge in [0.15, 0.2) is 0 Å². The number of aliphatic hydroxyl groups excluding tert-OH is 1. The summed E-state index contributed by atoms with van der Waals surface area (Å²) in [6, 6.07) is 0.153. The molecule has 0 saturated heterocycles. The average molecular weight is 229 g/mol. The molecule has 94 valence electrons. The molecule has 1 aliphatic rings. The Morgan fingerprint density at radius 2 is 2.12 bits per heavy atom. The third kappa shape index (κ3) is 4.84. The molecular formula is C12H23NO3. The predicted octanol–water partition coefficient (Wildman–Crippen LogP) is 2.06. The van der Waals surface area contributed by atoms with Crippen LogP contribution in [0, 0.1) is 5.92 Å². The Balaban J connectivity index is 2.33. The molecule has 1 fully saturated rings. The summed E-state index contributed by atoms with van der Waals surface area (Å²) in [4.78, 5) is 11.5. The fraction of sp³-hybridized carbons (Fsp3) is 0.917. The lowest BCUT2D eigenvalue weighted by molar-refractivity contribution is 0.0475. The number of carbonyl (C=O) groups is 1. The number of alkyl carbamates (subject to hydrolysis) is 1. The zero-order chi connectivity index (χ0) is 12.2. The highest BCUT2D eigenvalue weighted by Gasteiger charge is 2.24. The number of amides is 1. The van der Waals surface area contributed by atoms with Gasteiger partial charge in [0.2, 0.25) is 0 Å². The Morgan fingerprint density at radius 1 is 1.44 bits per heavy atom. The normalized spacial score (nSPS) is 26.2. The fourth-order valence-corrected chi connectivity index (χ4v) is 2.06. The lowest BCUT2D eigenvalue weighted by atomic mass is 9.86. The largest absolute Gasteiger partial charge is 0.444 e. The maximum absolute atomic E-state index is 11.5. The quantitative estimate of drug-likeness (QED) is 0.762. The molecule has 0 spiro atoms. The van der Waals surface area contributed by atoms with Gasteiger partial charge in [0.25, 0.3) is 0 Å². The summed E-state index contributed by atoms with van der Waals surface area (Å²) in [6.07, 6.45) is 3.61. The van der Waals surface area contributed by atoms with E-state index < -0.39 is 5.60 Å². The van der Waals surface area contributed by atoms with Crippen molar-refractivity contribution in [2.45, 2.75) is 58.1 Å². The van der Waals surface area contributed by atoms with Gasteiger partial charge in [0, 0.05) is 12.6 Å². The van der Waals surface area contributed by atoms with Crippen molar-refractivity contribution in [3.63, 3.8) is 0 Å². The van der Waals surface area contributed by atoms with Crippen molar-refractivity contribution in [2.24, 2.45) is 5.92 Å². The zero-order valence-corrected chi connectivity index (χ0v) is 10.5. The molecule has 4 nitrogen and oxygen atoms in total. The van der Waals surface area contributed by atoms with Gasteiger partial charge in [-0.15, -0.1) is 0 Å². The van der Waals surface area contributed by atoms with Crippen molar-refractivity contribution in [3.8, 4) is 0 Å². The molecule has 2 atom stereocenters. The maximum Gasteiger partial charge on any atom is 0.407 e. The molecule has 0 unspecified atom stereocenters. The molecule has 0 heterocycles. The highest BCUT2D eigenvalue weighted by molar-refractivity contribution is 5.68. The topological polar surface area (TPSA) is 58.6 Å². The SMILES string of the molecule is CC(C)(C)OC(=O)N[C@@H]1CCC[C@H](CO)C1. The van der Waals surface area contributed by atoms with Crippen molar-refractivity contribution in [1.82, 2.24) is 5.32 Å². The molecule has 0 radical (unpaired) electrons. The summed E-state index contributed by atoms with van der Waals surface area (Å²) in [5.74, 6) is 0.327. The van der Waals surface area contributed by atoms with Crippen LogP contribution in [0.15, 0.2) is 0 Å². The summed E-state index contributed by atoms with van der Waals surface area (Å²) in [5, 5.41) is 12.0. The molecule has 1 aliphatic carbocycles. The molecule has 0 bridgehead atoms. The van der Waals surface area contributed by atoms with Crippen LogP contribution >= 0.6 is 0 Å². The van der Waals surface area contributed by atoms with Gasteiger partial charge in [-0.2, -0.15) is 0 Å². The van der Waals surface area contributed by atoms with E-state index in [1.807, 2.05) is 20.8 Å². The van der Waals surface area contributed by atoms with Crippen molar-refractivity contribution in [2.75, 3.05) is 6.61 Å². The van der Waals surface area contributed by atoms with E-state index in [2.05, 4.69) is 5.32 Å². The Labute approximate surface area is 97.4 Å². The van der Waals surface area contributed by atoms with E-state index in [1.165, 1.54) is 0 Å². The van der Waals surface area contributed by atoms with Crippen LogP contribution in [0.1, 0.15) is 46.5 Å². The Morgan fingerprint density at radius 3 is 2.69 bits per heavy atom. The number of hydrogen-bond donors (Lipinski definition) is 2. The second-order valence-electron chi connectivity index (χ2n) is 5.56. The number of hydrogen-bond acceptors (Lipinski definition) is 3. The van der Waals surface area contributed by atoms with E-state index in [-0.39, 0.29) is 18.7 Å². The predicted molar refractivity (Wildman–Crippen MR) is 62.2 cm³/mol. The number of aliphatic hydroxyl groups is 1. The monoisotopic (exact) mass is 229 g/mol. The van der Waals surface area contributed by atoms with Gasteiger partial charge >= 0.3 is 6.09 Å². The average Bonchev–Trinajstić information content (AvgIpc) is 2.15. The van der Waals surface area contributed by atoms with Gasteiger partial charge in [-0.1, -0.05) is 6.42 Å². The molecule has 0 aromatic heterocycles. The first-order chi connectivity index (χ1) is 7.40. The third-order valence-electron chi connectivity index (χ3n) is 2.76. The Kier molecular flexibility index (Phi) is 4.59. The van der Waals surface area contributed by atoms with E-state index in [0.717, 1.165) is 25.7 Å². The molecular weight excluding hydrogens is 206 g/mol. The van der Waals surface area contributed by atoms with Crippen LogP contribution in [0.25, 0.3) is 0 Å². The molecule has 0 aromatic carbocycles. The molecule has 0 aromatic rings. The molecule has 1 amide bonds. The first-order valence-corrected chi connectivity index (χ1v) is 6.01. The number of carbonyl (C=O) groups excluding carboxylic acids is 1. The minimum Gasteiger partial charge on any atom is -0.444 e. The van der Waals surface area contributed by atoms with Crippen LogP contribution in [0.5, 0.6) is 0 Å². The van der Waals surface area contributed by atoms with Gasteiger partial charge in [-0.05, 0) is 46.0 Å². The van der Waals surface area contributed by atoms with Crippen LogP contribution in [0.3, 0.4) is 0 Å². The minimum absolute atomic E-state index is 0.153. The van der Waals surface area contributed by atoms with Gasteiger partial charge in [-0.3, -0.25) is 0 Å². The lowest BCUT2D eigenvalue weighted by Crippen LogP contribution is -2.41. The van der Waals surface area contributed by atoms with Gasteiger partial charge in [-0.25, -0.2) is 4.79 Å². The Bertz CT molecular complexity index is 235. The second-order valence-corrected chi connectivity index (χ2v) is 5.56. The number of ether oxygens (including phenoxy) is 1. The molecule has 1 rings (SSSR count). The van der Waals surface area contributed by atoms with E-state index in [1.54, 1.807) is 0 Å². The van der Waals surface area contributed by atoms with Crippen molar-refractivity contribution < 1.29 is 14.6 Å². The number of rotatable bonds is 2. The highest BCUT2D eigenvalue weighted by Crippen LogP contribution is 2.23. The van der Waals surface area contributed by atoms with Crippen LogP contribution in [-0.2, 0) is 4.74 Å². The second kappa shape index (κ2) is 5.53. The van der Waals surface area contributed by atoms with Gasteiger partial charge < -0.3 is 15.2 Å². The summed E-state index contributed by atoms with van der Waals surface area (Å²) in [7, 11) is 0. The summed E-state index contributed by atoms with van der Waals surface area (Å²) in [6.45, 7) is 5.77. The molecule has 1 saturated carbocycles. The van der Waals surface area contributed by atoms with E-state index in [4.69, 9.17) is 9.84 Å². The van der Waals surface area contributed by atoms with Gasteiger partial charge in [0.05, 0.1) is 0 Å². The van der Waals surface area contributed by atoms with Crippen LogP contribution in [-0.4, -0.2) is 29.4 Å². The van der Waals surface area contributed by atoms with Crippen LogP contribution in [0.2, 0.25) is 0 Å². The van der Waals surface area contributed by atoms with Crippen LogP contribution in [0.4, 0.5) is 4.79 Å². The molecule has 4 heteroatoms. The van der Waals surface area contributed by atoms with Crippen molar-refractivity contribution >= 4 is 6.09 Å². The maximum atomic E-state index is 11.5. The summed E-state index contributed by atoms with van der Waals surface area (Å²) in [5.41, 5.74) is -0.449. The zero-order valence-electron chi connectivity index (χ0n) is 10.5. The lowest BCUT2D eigenvalue weighted by Gasteiger charge is -2.29. The summed E-state index contributed by atoms with van der Waals surface area (Å²) < 4.78 is 5.20. The fourth-order valence-electron chi connectivity index (χ4n) is 2.06. The highest BCUT2D eigenvalue weighted by atomic mass is 16.6. The molecule has 0 aliphatic heterocycles. The standard InChI is InChI=1S/C12H23NO3/c1-12(2,3)16-11(15)13-10-6-4-5-9(7-10)8-14/h9-10,14H,4-8H2,1-3H3,(H,13,15)/t9-,10+/m0/s1. The van der Waals surface area contributed by atoms with Crippen molar-refractivity contribution in [1.29, 1.82) is 0 Å². The molecule has 16 heavy (non-hydrogen) atoms.